The van der Waals surface area contributed by atoms with Crippen LogP contribution in [-0.4, -0.2) is 17.8 Å². The molecular formula is C17H18F2N2OS. The number of aryl methyl sites for hydroxylation is 1. The molecule has 0 aliphatic heterocycles. The van der Waals surface area contributed by atoms with Crippen molar-refractivity contribution in [1.82, 2.24) is 5.32 Å². The highest BCUT2D eigenvalue weighted by atomic mass is 32.1. The molecule has 0 radical (unpaired) electrons. The summed E-state index contributed by atoms with van der Waals surface area (Å²) >= 11 is 5.14. The van der Waals surface area contributed by atoms with Crippen molar-refractivity contribution < 1.29 is 13.5 Å². The Morgan fingerprint density at radius 1 is 1.13 bits per heavy atom. The van der Waals surface area contributed by atoms with Crippen LogP contribution in [0.25, 0.3) is 0 Å². The molecule has 3 nitrogen and oxygen atoms in total. The van der Waals surface area contributed by atoms with Gasteiger partial charge >= 0.3 is 0 Å². The summed E-state index contributed by atoms with van der Waals surface area (Å²) in [5.74, 6) is -1.04. The first-order valence-corrected chi connectivity index (χ1v) is 7.57. The molecule has 23 heavy (non-hydrogen) atoms. The van der Waals surface area contributed by atoms with Crippen LogP contribution in [0.3, 0.4) is 0 Å². The second kappa shape index (κ2) is 7.87. The Labute approximate surface area is 139 Å². The number of nitrogens with one attached hydrogen (secondary N) is 2. The Kier molecular flexibility index (Phi) is 5.87. The molecule has 0 fully saturated rings. The third kappa shape index (κ3) is 5.49. The van der Waals surface area contributed by atoms with E-state index in [2.05, 4.69) is 10.6 Å². The maximum atomic E-state index is 13.1. The molecule has 2 N–H and O–H groups in total. The van der Waals surface area contributed by atoms with Gasteiger partial charge in [0.25, 0.3) is 0 Å². The zero-order chi connectivity index (χ0) is 16.8. The number of benzene rings is 2. The molecule has 2 aromatic rings. The van der Waals surface area contributed by atoms with Crippen LogP contribution < -0.4 is 15.4 Å². The summed E-state index contributed by atoms with van der Waals surface area (Å²) in [7, 11) is 0. The average molecular weight is 336 g/mol. The fourth-order valence-electron chi connectivity index (χ4n) is 1.86. The highest BCUT2D eigenvalue weighted by Crippen LogP contribution is 2.13. The molecule has 122 valence electrons. The lowest BCUT2D eigenvalue weighted by atomic mass is 10.2. The van der Waals surface area contributed by atoms with Gasteiger partial charge in [0.05, 0.1) is 6.04 Å². The minimum Gasteiger partial charge on any atom is -0.491 e. The van der Waals surface area contributed by atoms with Gasteiger partial charge in [0.15, 0.2) is 16.7 Å². The molecule has 0 heterocycles. The van der Waals surface area contributed by atoms with Crippen molar-refractivity contribution in [1.29, 1.82) is 0 Å². The number of rotatable bonds is 5. The molecule has 2 rings (SSSR count). The van der Waals surface area contributed by atoms with Gasteiger partial charge in [-0.05, 0) is 50.3 Å². The molecule has 0 saturated carbocycles. The molecule has 0 aromatic heterocycles. The standard InChI is InChI=1S/C17H18F2N2OS/c1-11-3-6-14(7-4-11)22-10-12(2)20-17(23)21-13-5-8-15(18)16(19)9-13/h3-9,12H,10H2,1-2H3,(H2,20,21,23). The van der Waals surface area contributed by atoms with Crippen molar-refractivity contribution in [3.05, 3.63) is 59.7 Å². The van der Waals surface area contributed by atoms with Gasteiger partial charge in [0.1, 0.15) is 12.4 Å². The second-order valence-corrected chi connectivity index (χ2v) is 5.66. The lowest BCUT2D eigenvalue weighted by molar-refractivity contribution is 0.287. The van der Waals surface area contributed by atoms with Crippen LogP contribution in [0.5, 0.6) is 5.75 Å². The summed E-state index contributed by atoms with van der Waals surface area (Å²) in [6.07, 6.45) is 0. The summed E-state index contributed by atoms with van der Waals surface area (Å²) in [4.78, 5) is 0. The number of thiocarbonyl (C=S) groups is 1. The zero-order valence-electron chi connectivity index (χ0n) is 12.9. The lowest BCUT2D eigenvalue weighted by Gasteiger charge is -2.17. The van der Waals surface area contributed by atoms with Crippen molar-refractivity contribution >= 4 is 23.0 Å². The van der Waals surface area contributed by atoms with Crippen LogP contribution in [0.4, 0.5) is 14.5 Å². The quantitative estimate of drug-likeness (QED) is 0.808. The van der Waals surface area contributed by atoms with Gasteiger partial charge in [0.2, 0.25) is 0 Å². The Morgan fingerprint density at radius 3 is 2.48 bits per heavy atom. The molecule has 0 amide bonds. The first-order valence-electron chi connectivity index (χ1n) is 7.16. The first kappa shape index (κ1) is 17.1. The Bertz CT molecular complexity index is 677. The van der Waals surface area contributed by atoms with Crippen molar-refractivity contribution in [3.8, 4) is 5.75 Å². The zero-order valence-corrected chi connectivity index (χ0v) is 13.7. The number of ether oxygens (including phenoxy) is 1. The fourth-order valence-corrected chi connectivity index (χ4v) is 2.18. The van der Waals surface area contributed by atoms with E-state index in [-0.39, 0.29) is 6.04 Å². The molecule has 0 bridgehead atoms. The van der Waals surface area contributed by atoms with Crippen molar-refractivity contribution in [3.63, 3.8) is 0 Å². The number of anilines is 1. The monoisotopic (exact) mass is 336 g/mol. The number of hydrogen-bond acceptors (Lipinski definition) is 2. The molecule has 1 unspecified atom stereocenters. The Morgan fingerprint density at radius 2 is 1.83 bits per heavy atom. The van der Waals surface area contributed by atoms with Gasteiger partial charge in [0, 0.05) is 11.8 Å². The van der Waals surface area contributed by atoms with E-state index in [0.29, 0.717) is 17.4 Å². The topological polar surface area (TPSA) is 33.3 Å². The van der Waals surface area contributed by atoms with Gasteiger partial charge in [-0.2, -0.15) is 0 Å². The molecule has 2 aromatic carbocycles. The van der Waals surface area contributed by atoms with E-state index in [1.165, 1.54) is 11.6 Å². The van der Waals surface area contributed by atoms with Gasteiger partial charge in [-0.3, -0.25) is 0 Å². The van der Waals surface area contributed by atoms with Crippen LogP contribution >= 0.6 is 12.2 Å². The summed E-state index contributed by atoms with van der Waals surface area (Å²) in [6, 6.07) is 11.2. The van der Waals surface area contributed by atoms with Crippen molar-refractivity contribution in [2.75, 3.05) is 11.9 Å². The van der Waals surface area contributed by atoms with Gasteiger partial charge in [-0.1, -0.05) is 17.7 Å². The molecule has 1 atom stereocenters. The summed E-state index contributed by atoms with van der Waals surface area (Å²) in [5, 5.41) is 6.14. The fraction of sp³-hybridized carbons (Fsp3) is 0.235. The van der Waals surface area contributed by atoms with E-state index >= 15 is 0 Å². The first-order chi connectivity index (χ1) is 10.9. The second-order valence-electron chi connectivity index (χ2n) is 5.25. The third-order valence-electron chi connectivity index (χ3n) is 3.08. The van der Waals surface area contributed by atoms with Crippen molar-refractivity contribution in [2.45, 2.75) is 19.9 Å². The third-order valence-corrected chi connectivity index (χ3v) is 3.30. The van der Waals surface area contributed by atoms with Gasteiger partial charge in [-0.25, -0.2) is 8.78 Å². The van der Waals surface area contributed by atoms with Gasteiger partial charge < -0.3 is 15.4 Å². The number of halogens is 2. The van der Waals surface area contributed by atoms with Crippen LogP contribution in [0.15, 0.2) is 42.5 Å². The maximum absolute atomic E-state index is 13.1. The summed E-state index contributed by atoms with van der Waals surface area (Å²) < 4.78 is 31.6. The lowest BCUT2D eigenvalue weighted by Crippen LogP contribution is -2.39. The van der Waals surface area contributed by atoms with Crippen LogP contribution in [0.1, 0.15) is 12.5 Å². The van der Waals surface area contributed by atoms with E-state index in [9.17, 15) is 8.78 Å². The Balaban J connectivity index is 1.79. The SMILES string of the molecule is Cc1ccc(OCC(C)NC(=S)Nc2ccc(F)c(F)c2)cc1. The molecule has 0 aliphatic rings. The van der Waals surface area contributed by atoms with E-state index in [1.54, 1.807) is 0 Å². The van der Waals surface area contributed by atoms with Crippen LogP contribution in [0, 0.1) is 18.6 Å². The highest BCUT2D eigenvalue weighted by Gasteiger charge is 2.07. The van der Waals surface area contributed by atoms with E-state index in [4.69, 9.17) is 17.0 Å². The van der Waals surface area contributed by atoms with Gasteiger partial charge in [-0.15, -0.1) is 0 Å². The largest absolute Gasteiger partial charge is 0.491 e. The molecular weight excluding hydrogens is 318 g/mol. The summed E-state index contributed by atoms with van der Waals surface area (Å²) in [5.41, 5.74) is 1.55. The minimum atomic E-state index is -0.923. The minimum absolute atomic E-state index is 0.0541. The normalized spacial score (nSPS) is 11.7. The van der Waals surface area contributed by atoms with E-state index < -0.39 is 11.6 Å². The average Bonchev–Trinajstić information content (AvgIpc) is 2.50. The maximum Gasteiger partial charge on any atom is 0.171 e. The predicted octanol–water partition coefficient (Wildman–Crippen LogP) is 4.03. The number of hydrogen-bond donors (Lipinski definition) is 2. The van der Waals surface area contributed by atoms with Crippen LogP contribution in [0.2, 0.25) is 0 Å². The molecule has 0 aliphatic carbocycles. The smallest absolute Gasteiger partial charge is 0.171 e. The van der Waals surface area contributed by atoms with E-state index in [0.717, 1.165) is 17.9 Å². The summed E-state index contributed by atoms with van der Waals surface area (Å²) in [6.45, 7) is 4.34. The molecule has 0 spiro atoms. The predicted molar refractivity (Wildman–Crippen MR) is 91.9 cm³/mol. The Hall–Kier alpha value is -2.21. The van der Waals surface area contributed by atoms with Crippen LogP contribution in [-0.2, 0) is 0 Å². The highest BCUT2D eigenvalue weighted by molar-refractivity contribution is 7.80. The molecule has 0 saturated heterocycles. The van der Waals surface area contributed by atoms with E-state index in [1.807, 2.05) is 38.1 Å². The molecule has 6 heteroatoms. The van der Waals surface area contributed by atoms with Crippen molar-refractivity contribution in [2.24, 2.45) is 0 Å².